The molecule has 5 nitrogen and oxygen atoms in total. The van der Waals surface area contributed by atoms with Gasteiger partial charge < -0.3 is 9.84 Å². The van der Waals surface area contributed by atoms with E-state index in [1.165, 1.54) is 16.2 Å². The van der Waals surface area contributed by atoms with Gasteiger partial charge >= 0.3 is 0 Å². The third-order valence-electron chi connectivity index (χ3n) is 5.34. The summed E-state index contributed by atoms with van der Waals surface area (Å²) in [6.07, 6.45) is 0. The molecule has 1 aromatic heterocycles. The summed E-state index contributed by atoms with van der Waals surface area (Å²) in [5, 5.41) is 13.6. The minimum Gasteiger partial charge on any atom is -0.507 e. The summed E-state index contributed by atoms with van der Waals surface area (Å²) in [6.45, 7) is 3.68. The Labute approximate surface area is 189 Å². The second-order valence-electron chi connectivity index (χ2n) is 7.30. The SMILES string of the molecule is COc1cc(C)c(/C(O)=C2/C(=O)C(=O)N(c3cccc(Cl)c3)C2c2cccs2)cc1C. The van der Waals surface area contributed by atoms with E-state index in [0.717, 1.165) is 16.0 Å². The number of ether oxygens (including phenoxy) is 1. The number of aliphatic hydroxyl groups is 1. The number of hydrogen-bond donors (Lipinski definition) is 1. The Hall–Kier alpha value is -3.09. The first-order valence-corrected chi connectivity index (χ1v) is 10.8. The van der Waals surface area contributed by atoms with Crippen LogP contribution in [0.3, 0.4) is 0 Å². The van der Waals surface area contributed by atoms with Crippen LogP contribution >= 0.6 is 22.9 Å². The molecule has 1 amide bonds. The second-order valence-corrected chi connectivity index (χ2v) is 8.72. The van der Waals surface area contributed by atoms with Crippen LogP contribution < -0.4 is 9.64 Å². The van der Waals surface area contributed by atoms with E-state index in [9.17, 15) is 14.7 Å². The van der Waals surface area contributed by atoms with Crippen LogP contribution in [-0.2, 0) is 9.59 Å². The number of rotatable bonds is 4. The van der Waals surface area contributed by atoms with E-state index in [1.54, 1.807) is 43.5 Å². The number of halogens is 1. The lowest BCUT2D eigenvalue weighted by Gasteiger charge is -2.24. The van der Waals surface area contributed by atoms with Gasteiger partial charge in [0, 0.05) is 21.2 Å². The molecule has 0 spiro atoms. The van der Waals surface area contributed by atoms with Crippen molar-refractivity contribution < 1.29 is 19.4 Å². The molecular weight excluding hydrogens is 434 g/mol. The minimum absolute atomic E-state index is 0.0556. The summed E-state index contributed by atoms with van der Waals surface area (Å²) < 4.78 is 5.35. The number of anilines is 1. The normalized spacial score (nSPS) is 17.9. The highest BCUT2D eigenvalue weighted by Crippen LogP contribution is 2.44. The molecule has 1 unspecified atom stereocenters. The molecule has 1 N–H and O–H groups in total. The average molecular weight is 454 g/mol. The number of aliphatic hydroxyl groups excluding tert-OH is 1. The highest BCUT2D eigenvalue weighted by atomic mass is 35.5. The molecule has 1 atom stereocenters. The van der Waals surface area contributed by atoms with Crippen LogP contribution in [0.15, 0.2) is 59.5 Å². The first kappa shape index (κ1) is 21.2. The number of aryl methyl sites for hydroxylation is 2. The first-order valence-electron chi connectivity index (χ1n) is 9.59. The van der Waals surface area contributed by atoms with E-state index < -0.39 is 17.7 Å². The van der Waals surface area contributed by atoms with Crippen LogP contribution in [0.1, 0.15) is 27.6 Å². The number of hydrogen-bond acceptors (Lipinski definition) is 5. The van der Waals surface area contributed by atoms with Gasteiger partial charge in [-0.3, -0.25) is 14.5 Å². The van der Waals surface area contributed by atoms with Crippen molar-refractivity contribution >= 4 is 46.1 Å². The predicted molar refractivity (Wildman–Crippen MR) is 123 cm³/mol. The monoisotopic (exact) mass is 453 g/mol. The Kier molecular flexibility index (Phi) is 5.60. The number of methoxy groups -OCH3 is 1. The molecule has 1 fully saturated rings. The average Bonchev–Trinajstić information content (AvgIpc) is 3.36. The Morgan fingerprint density at radius 1 is 1.10 bits per heavy atom. The van der Waals surface area contributed by atoms with Crippen molar-refractivity contribution in [2.24, 2.45) is 0 Å². The Morgan fingerprint density at radius 2 is 1.87 bits per heavy atom. The molecule has 0 bridgehead atoms. The van der Waals surface area contributed by atoms with Gasteiger partial charge in [-0.15, -0.1) is 11.3 Å². The standard InChI is InChI=1S/C24H20ClNO4S/c1-13-11-18(30-3)14(2)10-17(13)22(27)20-21(19-8-5-9-31-19)26(24(29)23(20)28)16-7-4-6-15(25)12-16/h4-12,21,27H,1-3H3/b22-20-. The largest absolute Gasteiger partial charge is 0.507 e. The van der Waals surface area contributed by atoms with Gasteiger partial charge in [-0.2, -0.15) is 0 Å². The fraction of sp³-hybridized carbons (Fsp3) is 0.167. The molecular formula is C24H20ClNO4S. The van der Waals surface area contributed by atoms with E-state index in [2.05, 4.69) is 0 Å². The lowest BCUT2D eigenvalue weighted by molar-refractivity contribution is -0.132. The van der Waals surface area contributed by atoms with Gasteiger partial charge in [0.1, 0.15) is 17.6 Å². The summed E-state index contributed by atoms with van der Waals surface area (Å²) in [6, 6.07) is 13.3. The van der Waals surface area contributed by atoms with Crippen molar-refractivity contribution in [1.82, 2.24) is 0 Å². The minimum atomic E-state index is -0.750. The summed E-state index contributed by atoms with van der Waals surface area (Å²) in [5.41, 5.74) is 2.59. The molecule has 1 saturated heterocycles. The Morgan fingerprint density at radius 3 is 2.52 bits per heavy atom. The number of carbonyl (C=O) groups is 2. The summed E-state index contributed by atoms with van der Waals surface area (Å²) in [4.78, 5) is 28.4. The highest BCUT2D eigenvalue weighted by molar-refractivity contribution is 7.10. The van der Waals surface area contributed by atoms with Crippen molar-refractivity contribution in [2.75, 3.05) is 12.0 Å². The summed E-state index contributed by atoms with van der Waals surface area (Å²) in [7, 11) is 1.58. The van der Waals surface area contributed by atoms with Crippen LogP contribution in [0.5, 0.6) is 5.75 Å². The van der Waals surface area contributed by atoms with Gasteiger partial charge in [0.15, 0.2) is 0 Å². The zero-order valence-corrected chi connectivity index (χ0v) is 18.8. The molecule has 3 aromatic rings. The van der Waals surface area contributed by atoms with Gasteiger partial charge in [0.2, 0.25) is 0 Å². The van der Waals surface area contributed by atoms with Gasteiger partial charge in [-0.1, -0.05) is 23.7 Å². The van der Waals surface area contributed by atoms with Crippen LogP contribution in [0, 0.1) is 13.8 Å². The van der Waals surface area contributed by atoms with Crippen molar-refractivity contribution in [3.63, 3.8) is 0 Å². The van der Waals surface area contributed by atoms with Crippen LogP contribution in [0.25, 0.3) is 5.76 Å². The number of Topliss-reactive ketones (excluding diaryl/α,β-unsaturated/α-hetero) is 1. The van der Waals surface area contributed by atoms with E-state index in [-0.39, 0.29) is 11.3 Å². The van der Waals surface area contributed by atoms with Crippen molar-refractivity contribution in [1.29, 1.82) is 0 Å². The maximum atomic E-state index is 13.2. The summed E-state index contributed by atoms with van der Waals surface area (Å²) in [5.74, 6) is -0.957. The number of carbonyl (C=O) groups excluding carboxylic acids is 2. The Bertz CT molecular complexity index is 1220. The van der Waals surface area contributed by atoms with Gasteiger partial charge in [0.05, 0.1) is 12.7 Å². The second kappa shape index (κ2) is 8.21. The number of ketones is 1. The molecule has 31 heavy (non-hydrogen) atoms. The Balaban J connectivity index is 1.95. The molecule has 0 aliphatic carbocycles. The third-order valence-corrected chi connectivity index (χ3v) is 6.50. The molecule has 4 rings (SSSR count). The number of nitrogens with zero attached hydrogens (tertiary/aromatic N) is 1. The highest BCUT2D eigenvalue weighted by Gasteiger charge is 2.47. The summed E-state index contributed by atoms with van der Waals surface area (Å²) >= 11 is 7.56. The predicted octanol–water partition coefficient (Wildman–Crippen LogP) is 5.65. The van der Waals surface area contributed by atoms with E-state index >= 15 is 0 Å². The quantitative estimate of drug-likeness (QED) is 0.315. The molecule has 0 radical (unpaired) electrons. The number of amides is 1. The topological polar surface area (TPSA) is 66.8 Å². The maximum absolute atomic E-state index is 13.2. The van der Waals surface area contributed by atoms with Crippen LogP contribution in [0.4, 0.5) is 5.69 Å². The first-order chi connectivity index (χ1) is 14.8. The lowest BCUT2D eigenvalue weighted by atomic mass is 9.96. The van der Waals surface area contributed by atoms with Gasteiger partial charge in [-0.05, 0) is 66.8 Å². The zero-order valence-electron chi connectivity index (χ0n) is 17.2. The van der Waals surface area contributed by atoms with E-state index in [4.69, 9.17) is 16.3 Å². The maximum Gasteiger partial charge on any atom is 0.300 e. The molecule has 2 heterocycles. The van der Waals surface area contributed by atoms with Crippen LogP contribution in [-0.4, -0.2) is 23.9 Å². The van der Waals surface area contributed by atoms with Crippen molar-refractivity contribution in [3.8, 4) is 5.75 Å². The fourth-order valence-corrected chi connectivity index (χ4v) is 4.86. The molecule has 0 saturated carbocycles. The molecule has 2 aromatic carbocycles. The molecule has 7 heteroatoms. The smallest absolute Gasteiger partial charge is 0.300 e. The van der Waals surface area contributed by atoms with Crippen molar-refractivity contribution in [2.45, 2.75) is 19.9 Å². The van der Waals surface area contributed by atoms with Gasteiger partial charge in [0.25, 0.3) is 11.7 Å². The fourth-order valence-electron chi connectivity index (χ4n) is 3.85. The number of benzene rings is 2. The lowest BCUT2D eigenvalue weighted by Crippen LogP contribution is -2.29. The van der Waals surface area contributed by atoms with E-state index in [1.807, 2.05) is 31.4 Å². The molecule has 158 valence electrons. The van der Waals surface area contributed by atoms with Crippen LogP contribution in [0.2, 0.25) is 5.02 Å². The third kappa shape index (κ3) is 3.62. The van der Waals surface area contributed by atoms with Gasteiger partial charge in [-0.25, -0.2) is 0 Å². The molecule has 1 aliphatic rings. The van der Waals surface area contributed by atoms with Crippen molar-refractivity contribution in [3.05, 3.63) is 86.1 Å². The van der Waals surface area contributed by atoms with E-state index in [0.29, 0.717) is 22.0 Å². The zero-order chi connectivity index (χ0) is 22.3. The molecule has 1 aliphatic heterocycles. The number of thiophene rings is 1.